The van der Waals surface area contributed by atoms with Crippen LogP contribution in [0, 0.1) is 20.8 Å². The maximum absolute atomic E-state index is 3.63. The van der Waals surface area contributed by atoms with Gasteiger partial charge in [-0.15, -0.1) is 0 Å². The summed E-state index contributed by atoms with van der Waals surface area (Å²) in [5, 5.41) is 3.63. The zero-order chi connectivity index (χ0) is 14.5. The number of rotatable bonds is 5. The van der Waals surface area contributed by atoms with Gasteiger partial charge in [-0.2, -0.15) is 0 Å². The van der Waals surface area contributed by atoms with Crippen molar-refractivity contribution in [1.82, 2.24) is 5.32 Å². The summed E-state index contributed by atoms with van der Waals surface area (Å²) in [5.74, 6) is 0. The summed E-state index contributed by atoms with van der Waals surface area (Å²) >= 11 is 0. The minimum Gasteiger partial charge on any atom is -0.310 e. The van der Waals surface area contributed by atoms with E-state index in [9.17, 15) is 0 Å². The smallest absolute Gasteiger partial charge is 0.0363 e. The Bertz CT molecular complexity index is 554. The second-order valence-corrected chi connectivity index (χ2v) is 5.66. The van der Waals surface area contributed by atoms with Crippen LogP contribution in [-0.2, 0) is 6.42 Å². The fourth-order valence-electron chi connectivity index (χ4n) is 2.63. The third kappa shape index (κ3) is 3.71. The molecular formula is C19H25N. The molecule has 1 N–H and O–H groups in total. The van der Waals surface area contributed by atoms with E-state index in [1.165, 1.54) is 27.8 Å². The molecule has 2 aromatic rings. The van der Waals surface area contributed by atoms with Crippen molar-refractivity contribution < 1.29 is 0 Å². The van der Waals surface area contributed by atoms with Gasteiger partial charge in [0.1, 0.15) is 0 Å². The Morgan fingerprint density at radius 1 is 0.900 bits per heavy atom. The van der Waals surface area contributed by atoms with Crippen molar-refractivity contribution in [2.45, 2.75) is 40.2 Å². The predicted octanol–water partition coefficient (Wildman–Crippen LogP) is 4.51. The van der Waals surface area contributed by atoms with E-state index in [2.05, 4.69) is 75.5 Å². The van der Waals surface area contributed by atoms with Gasteiger partial charge in [0.25, 0.3) is 0 Å². The first kappa shape index (κ1) is 14.8. The molecule has 0 saturated carbocycles. The average Bonchev–Trinajstić information content (AvgIpc) is 2.43. The lowest BCUT2D eigenvalue weighted by molar-refractivity contribution is 0.547. The summed E-state index contributed by atoms with van der Waals surface area (Å²) in [5.41, 5.74) is 6.83. The molecule has 1 nitrogen and oxygen atoms in total. The first-order valence-corrected chi connectivity index (χ1v) is 7.46. The van der Waals surface area contributed by atoms with Crippen molar-refractivity contribution in [3.05, 3.63) is 70.3 Å². The van der Waals surface area contributed by atoms with Gasteiger partial charge in [-0.25, -0.2) is 0 Å². The Kier molecular flexibility index (Phi) is 4.97. The molecule has 0 amide bonds. The number of likely N-dealkylation sites (N-methyl/N-ethyl adjacent to an activating group) is 1. The van der Waals surface area contributed by atoms with Crippen molar-refractivity contribution in [2.24, 2.45) is 0 Å². The lowest BCUT2D eigenvalue weighted by Gasteiger charge is -2.21. The fourth-order valence-corrected chi connectivity index (χ4v) is 2.63. The normalized spacial score (nSPS) is 12.4. The molecule has 1 atom stereocenters. The largest absolute Gasteiger partial charge is 0.310 e. The van der Waals surface area contributed by atoms with Crippen molar-refractivity contribution in [2.75, 3.05) is 6.54 Å². The summed E-state index contributed by atoms with van der Waals surface area (Å²) < 4.78 is 0. The molecule has 0 radical (unpaired) electrons. The van der Waals surface area contributed by atoms with Gasteiger partial charge in [0.05, 0.1) is 0 Å². The number of benzene rings is 2. The van der Waals surface area contributed by atoms with Crippen LogP contribution in [0.25, 0.3) is 0 Å². The second-order valence-electron chi connectivity index (χ2n) is 5.66. The minimum atomic E-state index is 0.391. The SMILES string of the molecule is CCNC(Cc1ccc(C)cc1)c1cc(C)ccc1C. The molecule has 106 valence electrons. The van der Waals surface area contributed by atoms with Gasteiger partial charge >= 0.3 is 0 Å². The molecule has 0 saturated heterocycles. The van der Waals surface area contributed by atoms with Gasteiger partial charge in [0, 0.05) is 6.04 Å². The zero-order valence-electron chi connectivity index (χ0n) is 13.0. The first-order valence-electron chi connectivity index (χ1n) is 7.46. The lowest BCUT2D eigenvalue weighted by atomic mass is 9.93. The van der Waals surface area contributed by atoms with Crippen molar-refractivity contribution in [3.8, 4) is 0 Å². The molecule has 0 heterocycles. The lowest BCUT2D eigenvalue weighted by Crippen LogP contribution is -2.23. The highest BCUT2D eigenvalue weighted by molar-refractivity contribution is 5.34. The van der Waals surface area contributed by atoms with E-state index in [1.54, 1.807) is 0 Å². The third-order valence-corrected chi connectivity index (χ3v) is 3.82. The monoisotopic (exact) mass is 267 g/mol. The molecule has 0 bridgehead atoms. The van der Waals surface area contributed by atoms with Crippen LogP contribution >= 0.6 is 0 Å². The van der Waals surface area contributed by atoms with Gasteiger partial charge in [0.15, 0.2) is 0 Å². The van der Waals surface area contributed by atoms with E-state index < -0.39 is 0 Å². The van der Waals surface area contributed by atoms with Crippen molar-refractivity contribution in [1.29, 1.82) is 0 Å². The fraction of sp³-hybridized carbons (Fsp3) is 0.368. The van der Waals surface area contributed by atoms with Crippen molar-refractivity contribution in [3.63, 3.8) is 0 Å². The van der Waals surface area contributed by atoms with E-state index in [1.807, 2.05) is 0 Å². The molecule has 1 unspecified atom stereocenters. The van der Waals surface area contributed by atoms with Crippen LogP contribution in [0.1, 0.15) is 40.8 Å². The highest BCUT2D eigenvalue weighted by Crippen LogP contribution is 2.23. The highest BCUT2D eigenvalue weighted by atomic mass is 14.9. The van der Waals surface area contributed by atoms with Gasteiger partial charge < -0.3 is 5.32 Å². The molecule has 2 rings (SSSR count). The maximum atomic E-state index is 3.63. The second kappa shape index (κ2) is 6.71. The summed E-state index contributed by atoms with van der Waals surface area (Å²) in [6, 6.07) is 16.0. The Morgan fingerprint density at radius 2 is 1.55 bits per heavy atom. The summed E-state index contributed by atoms with van der Waals surface area (Å²) in [6.07, 6.45) is 1.04. The van der Waals surface area contributed by atoms with Gasteiger partial charge in [0.2, 0.25) is 0 Å². The molecule has 0 spiro atoms. The zero-order valence-corrected chi connectivity index (χ0v) is 13.0. The topological polar surface area (TPSA) is 12.0 Å². The Balaban J connectivity index is 2.26. The summed E-state index contributed by atoms with van der Waals surface area (Å²) in [4.78, 5) is 0. The average molecular weight is 267 g/mol. The van der Waals surface area contributed by atoms with E-state index in [-0.39, 0.29) is 0 Å². The molecule has 0 aromatic heterocycles. The van der Waals surface area contributed by atoms with Gasteiger partial charge in [-0.05, 0) is 50.4 Å². The predicted molar refractivity (Wildman–Crippen MR) is 87.2 cm³/mol. The van der Waals surface area contributed by atoms with E-state index >= 15 is 0 Å². The standard InChI is InChI=1S/C19H25N/c1-5-20-19(13-17-10-7-14(2)8-11-17)18-12-15(3)6-9-16(18)4/h6-12,19-20H,5,13H2,1-4H3. The molecule has 20 heavy (non-hydrogen) atoms. The molecule has 0 aliphatic rings. The highest BCUT2D eigenvalue weighted by Gasteiger charge is 2.13. The van der Waals surface area contributed by atoms with Crippen LogP contribution in [0.4, 0.5) is 0 Å². The van der Waals surface area contributed by atoms with Crippen LogP contribution < -0.4 is 5.32 Å². The van der Waals surface area contributed by atoms with Crippen LogP contribution in [0.5, 0.6) is 0 Å². The quantitative estimate of drug-likeness (QED) is 0.840. The number of hydrogen-bond donors (Lipinski definition) is 1. The van der Waals surface area contributed by atoms with Crippen LogP contribution in [0.15, 0.2) is 42.5 Å². The van der Waals surface area contributed by atoms with E-state index in [0.29, 0.717) is 6.04 Å². The minimum absolute atomic E-state index is 0.391. The maximum Gasteiger partial charge on any atom is 0.0363 e. The summed E-state index contributed by atoms with van der Waals surface area (Å²) in [6.45, 7) is 9.67. The Hall–Kier alpha value is -1.60. The van der Waals surface area contributed by atoms with E-state index in [0.717, 1.165) is 13.0 Å². The third-order valence-electron chi connectivity index (χ3n) is 3.82. The van der Waals surface area contributed by atoms with Crippen LogP contribution in [0.2, 0.25) is 0 Å². The molecular weight excluding hydrogens is 242 g/mol. The molecule has 0 fully saturated rings. The molecule has 2 aromatic carbocycles. The summed E-state index contributed by atoms with van der Waals surface area (Å²) in [7, 11) is 0. The first-order chi connectivity index (χ1) is 9.60. The molecule has 0 aliphatic carbocycles. The molecule has 0 aliphatic heterocycles. The Labute approximate surface area is 123 Å². The number of nitrogens with one attached hydrogen (secondary N) is 1. The number of aryl methyl sites for hydroxylation is 3. The van der Waals surface area contributed by atoms with Gasteiger partial charge in [-0.1, -0.05) is 60.5 Å². The Morgan fingerprint density at radius 3 is 2.20 bits per heavy atom. The molecule has 1 heteroatoms. The van der Waals surface area contributed by atoms with Crippen molar-refractivity contribution >= 4 is 0 Å². The van der Waals surface area contributed by atoms with E-state index in [4.69, 9.17) is 0 Å². The van der Waals surface area contributed by atoms with Crippen LogP contribution in [-0.4, -0.2) is 6.54 Å². The van der Waals surface area contributed by atoms with Gasteiger partial charge in [-0.3, -0.25) is 0 Å². The van der Waals surface area contributed by atoms with Crippen LogP contribution in [0.3, 0.4) is 0 Å². The number of hydrogen-bond acceptors (Lipinski definition) is 1.